The molecule has 0 saturated heterocycles. The summed E-state index contributed by atoms with van der Waals surface area (Å²) in [6.45, 7) is 11.0. The summed E-state index contributed by atoms with van der Waals surface area (Å²) < 4.78 is 5.48. The molecule has 3 rings (SSSR count). The van der Waals surface area contributed by atoms with E-state index < -0.39 is 0 Å². The van der Waals surface area contributed by atoms with E-state index in [4.69, 9.17) is 4.74 Å². The van der Waals surface area contributed by atoms with Gasteiger partial charge in [-0.05, 0) is 81.8 Å². The Morgan fingerprint density at radius 3 is 2.34 bits per heavy atom. The van der Waals surface area contributed by atoms with Crippen LogP contribution in [0.2, 0.25) is 0 Å². The number of aryl methyl sites for hydroxylation is 1. The lowest BCUT2D eigenvalue weighted by atomic mass is 10.1. The Morgan fingerprint density at radius 2 is 1.69 bits per heavy atom. The Morgan fingerprint density at radius 1 is 0.931 bits per heavy atom. The van der Waals surface area contributed by atoms with Gasteiger partial charge in [0.25, 0.3) is 0 Å². The van der Waals surface area contributed by atoms with E-state index in [1.807, 2.05) is 37.3 Å². The van der Waals surface area contributed by atoms with Gasteiger partial charge in [-0.2, -0.15) is 4.98 Å². The Hall–Kier alpha value is -3.28. The second-order valence-corrected chi connectivity index (χ2v) is 6.64. The molecule has 0 bridgehead atoms. The predicted octanol–water partition coefficient (Wildman–Crippen LogP) is 5.52. The number of hydrogen-bond donors (Lipinski definition) is 2. The van der Waals surface area contributed by atoms with Crippen molar-refractivity contribution in [2.24, 2.45) is 0 Å². The van der Waals surface area contributed by atoms with Crippen molar-refractivity contribution in [2.75, 3.05) is 35.2 Å². The first kappa shape index (κ1) is 20.5. The average molecular weight is 392 g/mol. The number of ether oxygens (including phenoxy) is 1. The van der Waals surface area contributed by atoms with Crippen molar-refractivity contribution in [3.05, 3.63) is 60.3 Å². The van der Waals surface area contributed by atoms with E-state index >= 15 is 0 Å². The molecule has 1 heterocycles. The molecule has 152 valence electrons. The summed E-state index contributed by atoms with van der Waals surface area (Å²) >= 11 is 0. The molecule has 6 heteroatoms. The van der Waals surface area contributed by atoms with E-state index in [0.29, 0.717) is 12.6 Å². The van der Waals surface area contributed by atoms with Crippen molar-refractivity contribution in [3.63, 3.8) is 0 Å². The van der Waals surface area contributed by atoms with Crippen LogP contribution in [-0.4, -0.2) is 29.7 Å². The Labute approximate surface area is 173 Å². The Balaban J connectivity index is 1.71. The maximum Gasteiger partial charge on any atom is 0.229 e. The van der Waals surface area contributed by atoms with Crippen molar-refractivity contribution in [3.8, 4) is 5.75 Å². The summed E-state index contributed by atoms with van der Waals surface area (Å²) in [6.07, 6.45) is 1.74. The van der Waals surface area contributed by atoms with Crippen LogP contribution in [0.5, 0.6) is 5.75 Å². The highest BCUT2D eigenvalue weighted by atomic mass is 16.5. The molecule has 1 aromatic heterocycles. The molecule has 0 amide bonds. The van der Waals surface area contributed by atoms with Gasteiger partial charge in [-0.25, -0.2) is 4.98 Å². The van der Waals surface area contributed by atoms with Crippen molar-refractivity contribution < 1.29 is 4.74 Å². The summed E-state index contributed by atoms with van der Waals surface area (Å²) in [6, 6.07) is 16.1. The fourth-order valence-corrected chi connectivity index (χ4v) is 3.13. The summed E-state index contributed by atoms with van der Waals surface area (Å²) in [4.78, 5) is 11.3. The van der Waals surface area contributed by atoms with Gasteiger partial charge in [0.2, 0.25) is 5.95 Å². The van der Waals surface area contributed by atoms with E-state index in [1.165, 1.54) is 5.69 Å². The van der Waals surface area contributed by atoms with Gasteiger partial charge in [-0.3, -0.25) is 0 Å². The molecular weight excluding hydrogens is 362 g/mol. The molecule has 6 nitrogen and oxygen atoms in total. The highest BCUT2D eigenvalue weighted by Gasteiger charge is 2.07. The molecule has 0 aliphatic carbocycles. The van der Waals surface area contributed by atoms with Gasteiger partial charge in [-0.1, -0.05) is 0 Å². The number of benzene rings is 2. The molecule has 2 N–H and O–H groups in total. The second-order valence-electron chi connectivity index (χ2n) is 6.64. The molecule has 0 aliphatic rings. The average Bonchev–Trinajstić information content (AvgIpc) is 2.73. The molecule has 0 aliphatic heterocycles. The molecule has 2 aromatic carbocycles. The van der Waals surface area contributed by atoms with Crippen LogP contribution in [0.4, 0.5) is 28.8 Å². The van der Waals surface area contributed by atoms with Gasteiger partial charge in [0.1, 0.15) is 11.6 Å². The van der Waals surface area contributed by atoms with Crippen LogP contribution < -0.4 is 20.3 Å². The molecule has 0 radical (unpaired) electrons. The van der Waals surface area contributed by atoms with Crippen LogP contribution >= 0.6 is 0 Å². The minimum absolute atomic E-state index is 0.555. The zero-order valence-electron chi connectivity index (χ0n) is 17.6. The van der Waals surface area contributed by atoms with Gasteiger partial charge in [0, 0.05) is 36.3 Å². The van der Waals surface area contributed by atoms with Crippen LogP contribution in [-0.2, 0) is 0 Å². The molecule has 0 fully saturated rings. The van der Waals surface area contributed by atoms with Crippen molar-refractivity contribution in [2.45, 2.75) is 27.7 Å². The number of anilines is 5. The van der Waals surface area contributed by atoms with E-state index in [9.17, 15) is 0 Å². The van der Waals surface area contributed by atoms with Crippen molar-refractivity contribution in [1.29, 1.82) is 0 Å². The number of aromatic nitrogens is 2. The Kier molecular flexibility index (Phi) is 6.89. The van der Waals surface area contributed by atoms with Gasteiger partial charge < -0.3 is 20.3 Å². The predicted molar refractivity (Wildman–Crippen MR) is 121 cm³/mol. The van der Waals surface area contributed by atoms with Crippen LogP contribution in [0.1, 0.15) is 26.3 Å². The second kappa shape index (κ2) is 9.78. The highest BCUT2D eigenvalue weighted by Crippen LogP contribution is 2.25. The number of nitrogens with zero attached hydrogens (tertiary/aromatic N) is 3. The third-order valence-corrected chi connectivity index (χ3v) is 4.68. The number of nitrogens with one attached hydrogen (secondary N) is 2. The van der Waals surface area contributed by atoms with E-state index in [1.54, 1.807) is 6.20 Å². The molecule has 0 unspecified atom stereocenters. The van der Waals surface area contributed by atoms with Gasteiger partial charge in [0.15, 0.2) is 0 Å². The fourth-order valence-electron chi connectivity index (χ4n) is 3.13. The first-order valence-corrected chi connectivity index (χ1v) is 10.1. The highest BCUT2D eigenvalue weighted by molar-refractivity contribution is 5.65. The summed E-state index contributed by atoms with van der Waals surface area (Å²) in [5.74, 6) is 2.13. The maximum absolute atomic E-state index is 5.48. The SMILES string of the molecule is CCOc1ccc(Nc2ccnc(Nc3ccc(N(CC)CC)cc3C)n2)cc1. The van der Waals surface area contributed by atoms with Crippen LogP contribution in [0.3, 0.4) is 0 Å². The minimum Gasteiger partial charge on any atom is -0.494 e. The first-order chi connectivity index (χ1) is 14.1. The fraction of sp³-hybridized carbons (Fsp3) is 0.304. The molecule has 0 atom stereocenters. The number of hydrogen-bond acceptors (Lipinski definition) is 6. The standard InChI is InChI=1S/C23H29N5O/c1-5-28(6-2)19-10-13-21(17(4)16-19)26-23-24-15-14-22(27-23)25-18-8-11-20(12-9-18)29-7-3/h8-16H,5-7H2,1-4H3,(H2,24,25,26,27). The molecule has 0 saturated carbocycles. The van der Waals surface area contributed by atoms with Crippen LogP contribution in [0.15, 0.2) is 54.7 Å². The smallest absolute Gasteiger partial charge is 0.229 e. The van der Waals surface area contributed by atoms with E-state index in [2.05, 4.69) is 64.5 Å². The normalized spacial score (nSPS) is 10.5. The lowest BCUT2D eigenvalue weighted by molar-refractivity contribution is 0.340. The monoisotopic (exact) mass is 391 g/mol. The lowest BCUT2D eigenvalue weighted by Gasteiger charge is -2.22. The topological polar surface area (TPSA) is 62.3 Å². The molecule has 3 aromatic rings. The number of rotatable bonds is 9. The molecule has 29 heavy (non-hydrogen) atoms. The summed E-state index contributed by atoms with van der Waals surface area (Å²) in [7, 11) is 0. The quantitative estimate of drug-likeness (QED) is 0.501. The molecular formula is C23H29N5O. The largest absolute Gasteiger partial charge is 0.494 e. The molecule has 0 spiro atoms. The zero-order valence-corrected chi connectivity index (χ0v) is 17.6. The minimum atomic E-state index is 0.555. The third kappa shape index (κ3) is 5.38. The van der Waals surface area contributed by atoms with Gasteiger partial charge in [0.05, 0.1) is 6.61 Å². The van der Waals surface area contributed by atoms with Crippen molar-refractivity contribution >= 4 is 28.8 Å². The van der Waals surface area contributed by atoms with E-state index in [0.717, 1.165) is 41.6 Å². The van der Waals surface area contributed by atoms with Crippen LogP contribution in [0, 0.1) is 6.92 Å². The summed E-state index contributed by atoms with van der Waals surface area (Å²) in [5.41, 5.74) is 4.32. The first-order valence-electron chi connectivity index (χ1n) is 10.1. The van der Waals surface area contributed by atoms with Crippen LogP contribution in [0.25, 0.3) is 0 Å². The van der Waals surface area contributed by atoms with Crippen molar-refractivity contribution in [1.82, 2.24) is 9.97 Å². The lowest BCUT2D eigenvalue weighted by Crippen LogP contribution is -2.21. The third-order valence-electron chi connectivity index (χ3n) is 4.68. The van der Waals surface area contributed by atoms with Gasteiger partial charge in [-0.15, -0.1) is 0 Å². The van der Waals surface area contributed by atoms with E-state index in [-0.39, 0.29) is 0 Å². The van der Waals surface area contributed by atoms with Gasteiger partial charge >= 0.3 is 0 Å². The zero-order chi connectivity index (χ0) is 20.6. The summed E-state index contributed by atoms with van der Waals surface area (Å²) in [5, 5.41) is 6.63. The maximum atomic E-state index is 5.48. The Bertz CT molecular complexity index is 923.